The zero-order valence-corrected chi connectivity index (χ0v) is 8.55. The minimum Gasteiger partial charge on any atom is -0.496 e. The van der Waals surface area contributed by atoms with E-state index >= 15 is 0 Å². The first-order chi connectivity index (χ1) is 7.11. The summed E-state index contributed by atoms with van der Waals surface area (Å²) >= 11 is 0. The van der Waals surface area contributed by atoms with Crippen LogP contribution in [0.2, 0.25) is 0 Å². The van der Waals surface area contributed by atoms with E-state index in [1.165, 1.54) is 13.2 Å². The molecule has 1 rings (SSSR count). The molecule has 0 N–H and O–H groups in total. The fourth-order valence-electron chi connectivity index (χ4n) is 1.46. The topological polar surface area (TPSA) is 33.0 Å². The highest BCUT2D eigenvalue weighted by Crippen LogP contribution is 2.33. The number of ether oxygens (including phenoxy) is 1. The van der Waals surface area contributed by atoms with Gasteiger partial charge in [0.1, 0.15) is 5.75 Å². The largest absolute Gasteiger partial charge is 0.496 e. The summed E-state index contributed by atoms with van der Waals surface area (Å²) in [5, 5.41) is 8.60. The van der Waals surface area contributed by atoms with Crippen LogP contribution in [0.25, 0.3) is 0 Å². The molecule has 0 atom stereocenters. The Balaban J connectivity index is 3.34. The average Bonchev–Trinajstić information content (AvgIpc) is 2.20. The van der Waals surface area contributed by atoms with E-state index < -0.39 is 6.43 Å². The van der Waals surface area contributed by atoms with Crippen LogP contribution in [0.1, 0.15) is 23.1 Å². The van der Waals surface area contributed by atoms with Crippen LogP contribution in [0, 0.1) is 18.3 Å². The van der Waals surface area contributed by atoms with Gasteiger partial charge in [-0.1, -0.05) is 6.07 Å². The molecule has 0 bridgehead atoms. The third kappa shape index (κ3) is 2.24. The summed E-state index contributed by atoms with van der Waals surface area (Å²) in [4.78, 5) is 0. The van der Waals surface area contributed by atoms with Crippen LogP contribution >= 0.6 is 0 Å². The van der Waals surface area contributed by atoms with Crippen LogP contribution in [-0.4, -0.2) is 7.11 Å². The van der Waals surface area contributed by atoms with Crippen molar-refractivity contribution in [2.45, 2.75) is 19.8 Å². The molecule has 0 saturated carbocycles. The van der Waals surface area contributed by atoms with Gasteiger partial charge in [-0.25, -0.2) is 8.78 Å². The summed E-state index contributed by atoms with van der Waals surface area (Å²) in [6, 6.07) is 4.85. The molecule has 15 heavy (non-hydrogen) atoms. The van der Waals surface area contributed by atoms with Crippen LogP contribution in [0.5, 0.6) is 5.75 Å². The van der Waals surface area contributed by atoms with Gasteiger partial charge in [-0.2, -0.15) is 5.26 Å². The van der Waals surface area contributed by atoms with E-state index in [2.05, 4.69) is 0 Å². The second-order valence-corrected chi connectivity index (χ2v) is 3.12. The zero-order chi connectivity index (χ0) is 11.4. The molecule has 0 aliphatic rings. The molecule has 80 valence electrons. The Bertz CT molecular complexity index is 396. The van der Waals surface area contributed by atoms with Crippen molar-refractivity contribution in [1.82, 2.24) is 0 Å². The van der Waals surface area contributed by atoms with Crippen LogP contribution < -0.4 is 4.74 Å². The highest BCUT2D eigenvalue weighted by Gasteiger charge is 2.18. The summed E-state index contributed by atoms with van der Waals surface area (Å²) in [6.45, 7) is 1.77. The number of aryl methyl sites for hydroxylation is 1. The van der Waals surface area contributed by atoms with Gasteiger partial charge in [0.25, 0.3) is 6.43 Å². The Hall–Kier alpha value is -1.63. The van der Waals surface area contributed by atoms with Crippen LogP contribution in [-0.2, 0) is 6.42 Å². The van der Waals surface area contributed by atoms with E-state index in [-0.39, 0.29) is 17.7 Å². The number of hydrogen-bond donors (Lipinski definition) is 0. The van der Waals surface area contributed by atoms with E-state index in [0.717, 1.165) is 5.56 Å². The predicted octanol–water partition coefficient (Wildman–Crippen LogP) is 3.01. The number of halogens is 2. The molecule has 0 radical (unpaired) electrons. The van der Waals surface area contributed by atoms with E-state index in [1.807, 2.05) is 6.07 Å². The molecule has 0 saturated heterocycles. The fraction of sp³-hybridized carbons (Fsp3) is 0.364. The molecule has 0 heterocycles. The molecule has 0 aromatic heterocycles. The van der Waals surface area contributed by atoms with Crippen molar-refractivity contribution in [3.05, 3.63) is 28.8 Å². The minimum atomic E-state index is -2.59. The molecule has 2 nitrogen and oxygen atoms in total. The van der Waals surface area contributed by atoms with Crippen molar-refractivity contribution < 1.29 is 13.5 Å². The molecule has 0 aliphatic heterocycles. The molecule has 0 amide bonds. The number of nitrogens with zero attached hydrogens (tertiary/aromatic N) is 1. The van der Waals surface area contributed by atoms with Gasteiger partial charge in [-0.3, -0.25) is 0 Å². The van der Waals surface area contributed by atoms with E-state index in [9.17, 15) is 8.78 Å². The van der Waals surface area contributed by atoms with E-state index in [1.54, 1.807) is 13.0 Å². The normalized spacial score (nSPS) is 10.1. The van der Waals surface area contributed by atoms with Crippen molar-refractivity contribution in [2.24, 2.45) is 0 Å². The molecule has 0 spiro atoms. The second kappa shape index (κ2) is 4.74. The average molecular weight is 211 g/mol. The first kappa shape index (κ1) is 11.4. The summed E-state index contributed by atoms with van der Waals surface area (Å²) in [6.07, 6.45) is -2.51. The summed E-state index contributed by atoms with van der Waals surface area (Å²) in [7, 11) is 1.33. The predicted molar refractivity (Wildman–Crippen MR) is 52.0 cm³/mol. The SMILES string of the molecule is COc1c(C(F)F)ccc(C)c1CC#N. The Morgan fingerprint density at radius 3 is 2.60 bits per heavy atom. The van der Waals surface area contributed by atoms with E-state index in [4.69, 9.17) is 10.00 Å². The molecular formula is C11H11F2NO. The quantitative estimate of drug-likeness (QED) is 0.769. The Kier molecular flexibility index (Phi) is 3.62. The summed E-state index contributed by atoms with van der Waals surface area (Å²) in [5.41, 5.74) is 1.17. The highest BCUT2D eigenvalue weighted by atomic mass is 19.3. The van der Waals surface area contributed by atoms with Gasteiger partial charge in [0.05, 0.1) is 25.2 Å². The van der Waals surface area contributed by atoms with Gasteiger partial charge in [-0.15, -0.1) is 0 Å². The van der Waals surface area contributed by atoms with Gasteiger partial charge < -0.3 is 4.74 Å². The lowest BCUT2D eigenvalue weighted by atomic mass is 10.0. The second-order valence-electron chi connectivity index (χ2n) is 3.12. The minimum absolute atomic E-state index is 0.0789. The van der Waals surface area contributed by atoms with Gasteiger partial charge in [-0.05, 0) is 18.6 Å². The third-order valence-electron chi connectivity index (χ3n) is 2.22. The fourth-order valence-corrected chi connectivity index (χ4v) is 1.46. The van der Waals surface area contributed by atoms with Crippen LogP contribution in [0.4, 0.5) is 8.78 Å². The maximum atomic E-state index is 12.6. The Morgan fingerprint density at radius 2 is 2.13 bits per heavy atom. The first-order valence-electron chi connectivity index (χ1n) is 4.43. The number of nitriles is 1. The molecule has 1 aromatic carbocycles. The van der Waals surface area contributed by atoms with Crippen LogP contribution in [0.3, 0.4) is 0 Å². The third-order valence-corrected chi connectivity index (χ3v) is 2.22. The Labute approximate surface area is 87.1 Å². The maximum Gasteiger partial charge on any atom is 0.267 e. The number of benzene rings is 1. The molecule has 0 unspecified atom stereocenters. The molecule has 0 fully saturated rings. The van der Waals surface area contributed by atoms with Gasteiger partial charge in [0, 0.05) is 5.56 Å². The molecule has 4 heteroatoms. The standard InChI is InChI=1S/C11H11F2NO/c1-7-3-4-9(11(12)13)10(15-2)8(7)5-6-14/h3-4,11H,5H2,1-2H3. The smallest absolute Gasteiger partial charge is 0.267 e. The summed E-state index contributed by atoms with van der Waals surface area (Å²) in [5.74, 6) is 0.131. The van der Waals surface area contributed by atoms with Gasteiger partial charge in [0.15, 0.2) is 0 Å². The molecule has 1 aromatic rings. The maximum absolute atomic E-state index is 12.6. The lowest BCUT2D eigenvalue weighted by Crippen LogP contribution is -2.00. The monoisotopic (exact) mass is 211 g/mol. The van der Waals surface area contributed by atoms with E-state index in [0.29, 0.717) is 5.56 Å². The number of alkyl halides is 2. The molecular weight excluding hydrogens is 200 g/mol. The number of rotatable bonds is 3. The van der Waals surface area contributed by atoms with Gasteiger partial charge >= 0.3 is 0 Å². The Morgan fingerprint density at radius 1 is 1.47 bits per heavy atom. The molecule has 0 aliphatic carbocycles. The lowest BCUT2D eigenvalue weighted by molar-refractivity contribution is 0.147. The van der Waals surface area contributed by atoms with Crippen molar-refractivity contribution in [2.75, 3.05) is 7.11 Å². The number of hydrogen-bond acceptors (Lipinski definition) is 2. The van der Waals surface area contributed by atoms with Crippen molar-refractivity contribution in [3.8, 4) is 11.8 Å². The van der Waals surface area contributed by atoms with Gasteiger partial charge in [0.2, 0.25) is 0 Å². The highest BCUT2D eigenvalue weighted by molar-refractivity contribution is 5.47. The lowest BCUT2D eigenvalue weighted by Gasteiger charge is -2.13. The van der Waals surface area contributed by atoms with Crippen molar-refractivity contribution in [1.29, 1.82) is 5.26 Å². The van der Waals surface area contributed by atoms with Crippen molar-refractivity contribution in [3.63, 3.8) is 0 Å². The zero-order valence-electron chi connectivity index (χ0n) is 8.55. The summed E-state index contributed by atoms with van der Waals surface area (Å²) < 4.78 is 30.1. The van der Waals surface area contributed by atoms with Crippen molar-refractivity contribution >= 4 is 0 Å². The van der Waals surface area contributed by atoms with Crippen LogP contribution in [0.15, 0.2) is 12.1 Å². The number of methoxy groups -OCH3 is 1. The first-order valence-corrected chi connectivity index (χ1v) is 4.43.